The van der Waals surface area contributed by atoms with Crippen LogP contribution in [0.2, 0.25) is 0 Å². The largest absolute Gasteiger partial charge is 0.314 e. The molecule has 0 aromatic rings. The van der Waals surface area contributed by atoms with Crippen LogP contribution in [0.5, 0.6) is 0 Å². The van der Waals surface area contributed by atoms with Gasteiger partial charge in [0.15, 0.2) is 0 Å². The van der Waals surface area contributed by atoms with Gasteiger partial charge in [-0.3, -0.25) is 0 Å². The standard InChI is InChI=1S/C19H39N/c1-3-4-5-6-7-8-9-10-11-12-13-14-18(2)17-20-19-15-16-19/h18-20H,3-17H2,1-2H3. The van der Waals surface area contributed by atoms with Gasteiger partial charge in [0, 0.05) is 6.04 Å². The average Bonchev–Trinajstić information content (AvgIpc) is 3.27. The normalized spacial score (nSPS) is 16.5. The van der Waals surface area contributed by atoms with Crippen LogP contribution in [0, 0.1) is 5.92 Å². The predicted octanol–water partition coefficient (Wildman–Crippen LogP) is 6.08. The van der Waals surface area contributed by atoms with Crippen molar-refractivity contribution in [1.29, 1.82) is 0 Å². The van der Waals surface area contributed by atoms with Crippen molar-refractivity contribution in [2.45, 2.75) is 110 Å². The van der Waals surface area contributed by atoms with Crippen molar-refractivity contribution in [3.8, 4) is 0 Å². The fraction of sp³-hybridized carbons (Fsp3) is 1.00. The van der Waals surface area contributed by atoms with Crippen LogP contribution >= 0.6 is 0 Å². The lowest BCUT2D eigenvalue weighted by Crippen LogP contribution is -2.23. The first kappa shape index (κ1) is 18.0. The van der Waals surface area contributed by atoms with Gasteiger partial charge in [-0.25, -0.2) is 0 Å². The molecule has 1 rings (SSSR count). The van der Waals surface area contributed by atoms with Gasteiger partial charge in [0.25, 0.3) is 0 Å². The lowest BCUT2D eigenvalue weighted by atomic mass is 10.0. The Labute approximate surface area is 128 Å². The Kier molecular flexibility index (Phi) is 11.4. The summed E-state index contributed by atoms with van der Waals surface area (Å²) in [5, 5.41) is 3.65. The first-order chi connectivity index (χ1) is 9.83. The highest BCUT2D eigenvalue weighted by molar-refractivity contribution is 4.81. The lowest BCUT2D eigenvalue weighted by molar-refractivity contribution is 0.448. The van der Waals surface area contributed by atoms with Crippen LogP contribution < -0.4 is 5.32 Å². The molecule has 1 fully saturated rings. The van der Waals surface area contributed by atoms with Crippen molar-refractivity contribution in [2.24, 2.45) is 5.92 Å². The second-order valence-corrected chi connectivity index (χ2v) is 7.11. The molecule has 1 heteroatoms. The molecule has 20 heavy (non-hydrogen) atoms. The van der Waals surface area contributed by atoms with Gasteiger partial charge in [-0.1, -0.05) is 84.5 Å². The zero-order chi connectivity index (χ0) is 14.5. The van der Waals surface area contributed by atoms with E-state index in [0.717, 1.165) is 12.0 Å². The van der Waals surface area contributed by atoms with Gasteiger partial charge in [-0.2, -0.15) is 0 Å². The van der Waals surface area contributed by atoms with Crippen LogP contribution in [0.15, 0.2) is 0 Å². The van der Waals surface area contributed by atoms with E-state index < -0.39 is 0 Å². The van der Waals surface area contributed by atoms with Gasteiger partial charge in [0.1, 0.15) is 0 Å². The monoisotopic (exact) mass is 281 g/mol. The molecule has 120 valence electrons. The Hall–Kier alpha value is -0.0400. The summed E-state index contributed by atoms with van der Waals surface area (Å²) < 4.78 is 0. The van der Waals surface area contributed by atoms with Gasteiger partial charge in [0.2, 0.25) is 0 Å². The SMILES string of the molecule is CCCCCCCCCCCCCC(C)CNC1CC1. The summed E-state index contributed by atoms with van der Waals surface area (Å²) in [6.45, 7) is 5.96. The summed E-state index contributed by atoms with van der Waals surface area (Å²) in [6, 6.07) is 0.884. The maximum absolute atomic E-state index is 3.65. The van der Waals surface area contributed by atoms with Crippen molar-refractivity contribution >= 4 is 0 Å². The minimum atomic E-state index is 0.883. The van der Waals surface area contributed by atoms with E-state index in [1.165, 1.54) is 96.4 Å². The van der Waals surface area contributed by atoms with Gasteiger partial charge in [0.05, 0.1) is 0 Å². The molecule has 0 amide bonds. The second-order valence-electron chi connectivity index (χ2n) is 7.11. The highest BCUT2D eigenvalue weighted by Crippen LogP contribution is 2.19. The molecule has 1 unspecified atom stereocenters. The summed E-state index contributed by atoms with van der Waals surface area (Å²) in [5.41, 5.74) is 0. The highest BCUT2D eigenvalue weighted by Gasteiger charge is 2.20. The molecule has 1 atom stereocenters. The number of nitrogens with one attached hydrogen (secondary N) is 1. The van der Waals surface area contributed by atoms with Crippen LogP contribution in [0.3, 0.4) is 0 Å². The Morgan fingerprint density at radius 2 is 1.30 bits per heavy atom. The molecule has 0 aliphatic heterocycles. The first-order valence-electron chi connectivity index (χ1n) is 9.56. The summed E-state index contributed by atoms with van der Waals surface area (Å²) >= 11 is 0. The Balaban J connectivity index is 1.69. The summed E-state index contributed by atoms with van der Waals surface area (Å²) in [4.78, 5) is 0. The Morgan fingerprint density at radius 3 is 1.80 bits per heavy atom. The van der Waals surface area contributed by atoms with E-state index >= 15 is 0 Å². The minimum absolute atomic E-state index is 0.883. The Morgan fingerprint density at radius 1 is 0.800 bits per heavy atom. The highest BCUT2D eigenvalue weighted by atomic mass is 14.9. The van der Waals surface area contributed by atoms with Crippen LogP contribution in [-0.4, -0.2) is 12.6 Å². The zero-order valence-corrected chi connectivity index (χ0v) is 14.3. The second kappa shape index (κ2) is 12.7. The summed E-state index contributed by atoms with van der Waals surface area (Å²) in [5.74, 6) is 0.883. The predicted molar refractivity (Wildman–Crippen MR) is 91.3 cm³/mol. The van der Waals surface area contributed by atoms with Crippen molar-refractivity contribution in [3.63, 3.8) is 0 Å². The van der Waals surface area contributed by atoms with Crippen molar-refractivity contribution in [3.05, 3.63) is 0 Å². The molecule has 0 spiro atoms. The van der Waals surface area contributed by atoms with Crippen LogP contribution in [0.4, 0.5) is 0 Å². The van der Waals surface area contributed by atoms with Crippen LogP contribution in [-0.2, 0) is 0 Å². The molecule has 0 radical (unpaired) electrons. The third kappa shape index (κ3) is 11.8. The van der Waals surface area contributed by atoms with E-state index in [0.29, 0.717) is 0 Å². The fourth-order valence-electron chi connectivity index (χ4n) is 2.91. The topological polar surface area (TPSA) is 12.0 Å². The smallest absolute Gasteiger partial charge is 0.00683 e. The molecule has 0 bridgehead atoms. The lowest BCUT2D eigenvalue weighted by Gasteiger charge is -2.11. The molecule has 0 heterocycles. The third-order valence-electron chi connectivity index (χ3n) is 4.63. The van der Waals surface area contributed by atoms with E-state index in [9.17, 15) is 0 Å². The Bertz CT molecular complexity index is 198. The molecule has 0 saturated heterocycles. The van der Waals surface area contributed by atoms with Crippen LogP contribution in [0.25, 0.3) is 0 Å². The molecular formula is C19H39N. The van der Waals surface area contributed by atoms with Gasteiger partial charge >= 0.3 is 0 Å². The van der Waals surface area contributed by atoms with Gasteiger partial charge < -0.3 is 5.32 Å². The van der Waals surface area contributed by atoms with Crippen molar-refractivity contribution < 1.29 is 0 Å². The molecule has 1 aliphatic carbocycles. The van der Waals surface area contributed by atoms with E-state index in [1.54, 1.807) is 0 Å². The number of rotatable bonds is 15. The van der Waals surface area contributed by atoms with Crippen LogP contribution in [0.1, 0.15) is 104 Å². The first-order valence-corrected chi connectivity index (χ1v) is 9.56. The summed E-state index contributed by atoms with van der Waals surface area (Å²) in [6.07, 6.45) is 20.3. The average molecular weight is 282 g/mol. The minimum Gasteiger partial charge on any atom is -0.314 e. The van der Waals surface area contributed by atoms with E-state index in [2.05, 4.69) is 19.2 Å². The molecule has 1 nitrogen and oxygen atoms in total. The van der Waals surface area contributed by atoms with E-state index in [-0.39, 0.29) is 0 Å². The van der Waals surface area contributed by atoms with Crippen molar-refractivity contribution in [1.82, 2.24) is 5.32 Å². The molecular weight excluding hydrogens is 242 g/mol. The number of hydrogen-bond acceptors (Lipinski definition) is 1. The summed E-state index contributed by atoms with van der Waals surface area (Å²) in [7, 11) is 0. The fourth-order valence-corrected chi connectivity index (χ4v) is 2.91. The zero-order valence-electron chi connectivity index (χ0n) is 14.3. The maximum Gasteiger partial charge on any atom is 0.00683 e. The molecule has 0 aromatic carbocycles. The molecule has 1 saturated carbocycles. The van der Waals surface area contributed by atoms with Crippen molar-refractivity contribution in [2.75, 3.05) is 6.54 Å². The number of unbranched alkanes of at least 4 members (excludes halogenated alkanes) is 10. The molecule has 1 N–H and O–H groups in total. The van der Waals surface area contributed by atoms with E-state index in [4.69, 9.17) is 0 Å². The third-order valence-corrected chi connectivity index (χ3v) is 4.63. The van der Waals surface area contributed by atoms with Gasteiger partial charge in [-0.15, -0.1) is 0 Å². The maximum atomic E-state index is 3.65. The molecule has 0 aromatic heterocycles. The van der Waals surface area contributed by atoms with Gasteiger partial charge in [-0.05, 0) is 31.7 Å². The van der Waals surface area contributed by atoms with E-state index in [1.807, 2.05) is 0 Å². The quantitative estimate of drug-likeness (QED) is 0.359. The molecule has 1 aliphatic rings. The number of hydrogen-bond donors (Lipinski definition) is 1.